The van der Waals surface area contributed by atoms with Crippen molar-refractivity contribution >= 4 is 18.6 Å². The zero-order valence-corrected chi connectivity index (χ0v) is 18.6. The number of hydrogen-bond acceptors (Lipinski definition) is 0. The summed E-state index contributed by atoms with van der Waals surface area (Å²) >= 11 is -0.556. The first-order valence-corrected chi connectivity index (χ1v) is 13.9. The minimum absolute atomic E-state index is 0.556. The molecule has 4 aliphatic carbocycles. The van der Waals surface area contributed by atoms with E-state index in [1.807, 2.05) is 5.92 Å². The van der Waals surface area contributed by atoms with E-state index < -0.39 is 17.0 Å². The molecular weight excluding hydrogens is 359 g/mol. The summed E-state index contributed by atoms with van der Waals surface area (Å²) in [7, 11) is 9.78. The number of halogens is 2. The Bertz CT molecular complexity index is 301. The summed E-state index contributed by atoms with van der Waals surface area (Å²) in [5, 5.41) is 0. The van der Waals surface area contributed by atoms with E-state index in [-0.39, 0.29) is 0 Å². The standard InChI is InChI=1S/C10H14.C10H20.2ClH.Ti/c1-2-9-7-4-5-8(6-7)10(9)3-1;1-6-7(2)9(4)10(5)8(6)3;;;/h2,7-8,10H,1,3-6H2;6-10H,1-5H3;2*1H;/q;;;;+2/p-2. The molecule has 0 heterocycles. The van der Waals surface area contributed by atoms with Crippen molar-refractivity contribution in [3.05, 3.63) is 12.3 Å². The molecule has 2 bridgehead atoms. The van der Waals surface area contributed by atoms with Gasteiger partial charge in [0.15, 0.2) is 0 Å². The van der Waals surface area contributed by atoms with Gasteiger partial charge in [0.1, 0.15) is 0 Å². The number of rotatable bonds is 0. The van der Waals surface area contributed by atoms with Crippen LogP contribution in [0.5, 0.6) is 0 Å². The molecule has 4 aliphatic rings. The number of fused-ring (bicyclic) bond motifs is 5. The van der Waals surface area contributed by atoms with Gasteiger partial charge in [-0.3, -0.25) is 0 Å². The van der Waals surface area contributed by atoms with Crippen molar-refractivity contribution < 1.29 is 17.0 Å². The molecule has 2 radical (unpaired) electrons. The molecule has 0 aromatic rings. The van der Waals surface area contributed by atoms with Gasteiger partial charge in [-0.2, -0.15) is 0 Å². The van der Waals surface area contributed by atoms with E-state index in [2.05, 4.69) is 41.0 Å². The van der Waals surface area contributed by atoms with Gasteiger partial charge in [-0.15, -0.1) is 0 Å². The average molecular weight is 393 g/mol. The van der Waals surface area contributed by atoms with Crippen LogP contribution in [-0.2, 0) is 17.0 Å². The van der Waals surface area contributed by atoms with Crippen LogP contribution in [0.4, 0.5) is 0 Å². The van der Waals surface area contributed by atoms with Crippen molar-refractivity contribution in [2.45, 2.75) is 66.7 Å². The third-order valence-corrected chi connectivity index (χ3v) is 7.95. The predicted molar refractivity (Wildman–Crippen MR) is 98.6 cm³/mol. The van der Waals surface area contributed by atoms with Crippen LogP contribution in [-0.4, -0.2) is 0 Å². The Hall–Kier alpha value is 1.29. The van der Waals surface area contributed by atoms with Crippen LogP contribution in [0.3, 0.4) is 0 Å². The monoisotopic (exact) mass is 392 g/mol. The molecule has 3 unspecified atom stereocenters. The van der Waals surface area contributed by atoms with Crippen molar-refractivity contribution in [3.8, 4) is 0 Å². The molecule has 0 aromatic heterocycles. The van der Waals surface area contributed by atoms with Crippen molar-refractivity contribution in [2.75, 3.05) is 0 Å². The van der Waals surface area contributed by atoms with Crippen LogP contribution in [0.1, 0.15) is 66.7 Å². The van der Waals surface area contributed by atoms with Gasteiger partial charge in [0, 0.05) is 0 Å². The van der Waals surface area contributed by atoms with Gasteiger partial charge in [-0.25, -0.2) is 0 Å². The summed E-state index contributed by atoms with van der Waals surface area (Å²) in [6, 6.07) is 0. The van der Waals surface area contributed by atoms with Crippen LogP contribution in [0.25, 0.3) is 0 Å². The predicted octanol–water partition coefficient (Wildman–Crippen LogP) is 7.16. The van der Waals surface area contributed by atoms with Gasteiger partial charge >= 0.3 is 35.6 Å². The molecule has 0 aliphatic heterocycles. The SMILES string of the molecule is CC1C(C)C(C)C(C)C1C.[CH]1CCC2[C]1C1CCC2C1.[Cl][Ti][Cl]. The molecule has 132 valence electrons. The van der Waals surface area contributed by atoms with Crippen molar-refractivity contribution in [3.63, 3.8) is 0 Å². The normalized spacial score (nSPS) is 47.4. The van der Waals surface area contributed by atoms with E-state index in [0.717, 1.165) is 47.3 Å². The summed E-state index contributed by atoms with van der Waals surface area (Å²) in [4.78, 5) is 0. The van der Waals surface area contributed by atoms with Gasteiger partial charge in [-0.1, -0.05) is 34.6 Å². The minimum atomic E-state index is -0.556. The molecule has 0 saturated heterocycles. The fourth-order valence-corrected chi connectivity index (χ4v) is 5.80. The summed E-state index contributed by atoms with van der Waals surface area (Å²) in [6.45, 7) is 12.0. The van der Waals surface area contributed by atoms with Crippen molar-refractivity contribution in [2.24, 2.45) is 47.3 Å². The van der Waals surface area contributed by atoms with E-state index in [1.54, 1.807) is 12.8 Å². The van der Waals surface area contributed by atoms with Crippen LogP contribution in [0.2, 0.25) is 0 Å². The second-order valence-corrected chi connectivity index (χ2v) is 11.1. The van der Waals surface area contributed by atoms with Crippen molar-refractivity contribution in [1.82, 2.24) is 0 Å². The summed E-state index contributed by atoms with van der Waals surface area (Å²) in [5.41, 5.74) is 0. The van der Waals surface area contributed by atoms with E-state index in [9.17, 15) is 0 Å². The van der Waals surface area contributed by atoms with Gasteiger partial charge in [0.25, 0.3) is 0 Å². The zero-order valence-electron chi connectivity index (χ0n) is 15.5. The Morgan fingerprint density at radius 2 is 1.30 bits per heavy atom. The third-order valence-electron chi connectivity index (χ3n) is 7.95. The summed E-state index contributed by atoms with van der Waals surface area (Å²) in [6.07, 6.45) is 10.0. The molecule has 0 N–H and O–H groups in total. The molecular formula is C20H34Cl2Ti. The topological polar surface area (TPSA) is 0 Å². The van der Waals surface area contributed by atoms with Crippen molar-refractivity contribution in [1.29, 1.82) is 0 Å². The van der Waals surface area contributed by atoms with Gasteiger partial charge in [0.2, 0.25) is 0 Å². The molecule has 3 atom stereocenters. The fraction of sp³-hybridized carbons (Fsp3) is 0.900. The quantitative estimate of drug-likeness (QED) is 0.383. The van der Waals surface area contributed by atoms with Gasteiger partial charge in [-0.05, 0) is 91.8 Å². The second-order valence-electron chi connectivity index (χ2n) is 8.53. The molecule has 3 heteroatoms. The molecule has 0 amide bonds. The van der Waals surface area contributed by atoms with Crippen LogP contribution in [0.15, 0.2) is 0 Å². The fourth-order valence-electron chi connectivity index (χ4n) is 5.80. The van der Waals surface area contributed by atoms with E-state index in [1.165, 1.54) is 19.3 Å². The van der Waals surface area contributed by atoms with Gasteiger partial charge in [0.05, 0.1) is 0 Å². The van der Waals surface area contributed by atoms with E-state index in [0.29, 0.717) is 0 Å². The Morgan fingerprint density at radius 1 is 0.826 bits per heavy atom. The van der Waals surface area contributed by atoms with E-state index in [4.69, 9.17) is 18.6 Å². The first-order valence-electron chi connectivity index (χ1n) is 9.58. The Morgan fingerprint density at radius 3 is 1.74 bits per heavy atom. The van der Waals surface area contributed by atoms with Crippen LogP contribution >= 0.6 is 18.6 Å². The Kier molecular flexibility index (Phi) is 8.33. The molecule has 4 rings (SSSR count). The van der Waals surface area contributed by atoms with E-state index >= 15 is 0 Å². The molecule has 23 heavy (non-hydrogen) atoms. The Labute approximate surface area is 161 Å². The van der Waals surface area contributed by atoms with Crippen LogP contribution in [0, 0.1) is 59.7 Å². The molecule has 0 aromatic carbocycles. The summed E-state index contributed by atoms with van der Waals surface area (Å²) < 4.78 is 0. The Balaban J connectivity index is 0.000000143. The molecule has 4 saturated carbocycles. The summed E-state index contributed by atoms with van der Waals surface area (Å²) in [5.74, 6) is 9.79. The number of hydrogen-bond donors (Lipinski definition) is 0. The zero-order chi connectivity index (χ0) is 17.1. The molecule has 4 fully saturated rings. The maximum atomic E-state index is 4.89. The second kappa shape index (κ2) is 9.29. The first-order chi connectivity index (χ1) is 10.9. The first kappa shape index (κ1) is 20.6. The van der Waals surface area contributed by atoms with Gasteiger partial charge < -0.3 is 0 Å². The maximum absolute atomic E-state index is 4.89. The van der Waals surface area contributed by atoms with Crippen LogP contribution < -0.4 is 0 Å². The third kappa shape index (κ3) is 4.53. The molecule has 0 nitrogen and oxygen atoms in total. The molecule has 0 spiro atoms. The average Bonchev–Trinajstić information content (AvgIpc) is 3.27.